The van der Waals surface area contributed by atoms with Crippen molar-refractivity contribution in [1.82, 2.24) is 4.90 Å². The number of halogens is 1. The summed E-state index contributed by atoms with van der Waals surface area (Å²) in [5, 5.41) is 0. The second kappa shape index (κ2) is 9.05. The maximum atomic E-state index is 6.07. The van der Waals surface area contributed by atoms with E-state index in [9.17, 15) is 0 Å². The largest absolute Gasteiger partial charge is 0.497 e. The summed E-state index contributed by atoms with van der Waals surface area (Å²) in [6.45, 7) is 2.71. The molecule has 1 aromatic carbocycles. The van der Waals surface area contributed by atoms with Crippen molar-refractivity contribution >= 4 is 29.9 Å². The molecule has 20 heavy (non-hydrogen) atoms. The number of guanidine groups is 1. The highest BCUT2D eigenvalue weighted by Crippen LogP contribution is 2.13. The summed E-state index contributed by atoms with van der Waals surface area (Å²) in [7, 11) is 1.67. The van der Waals surface area contributed by atoms with Gasteiger partial charge in [-0.05, 0) is 30.5 Å². The van der Waals surface area contributed by atoms with Gasteiger partial charge in [0, 0.05) is 13.1 Å². The van der Waals surface area contributed by atoms with E-state index in [4.69, 9.17) is 10.5 Å². The Hall–Kier alpha value is -0.980. The highest BCUT2D eigenvalue weighted by Gasteiger charge is 2.10. The predicted octanol–water partition coefficient (Wildman–Crippen LogP) is 3.00. The fraction of sp³-hybridized carbons (Fsp3) is 0.533. The monoisotopic (exact) mass is 389 g/mol. The van der Waals surface area contributed by atoms with Crippen molar-refractivity contribution in [3.05, 3.63) is 29.8 Å². The number of hydrogen-bond acceptors (Lipinski definition) is 2. The van der Waals surface area contributed by atoms with Crippen molar-refractivity contribution in [2.75, 3.05) is 20.2 Å². The van der Waals surface area contributed by atoms with Crippen LogP contribution in [0.3, 0.4) is 0 Å². The molecule has 0 bridgehead atoms. The number of nitrogens with two attached hydrogens (primary N) is 1. The van der Waals surface area contributed by atoms with Gasteiger partial charge in [0.05, 0.1) is 13.7 Å². The zero-order chi connectivity index (χ0) is 13.5. The van der Waals surface area contributed by atoms with Gasteiger partial charge in [0.25, 0.3) is 0 Å². The fourth-order valence-corrected chi connectivity index (χ4v) is 2.30. The summed E-state index contributed by atoms with van der Waals surface area (Å²) in [5.74, 6) is 1.55. The Labute approximate surface area is 138 Å². The normalized spacial score (nSPS) is 16.2. The molecule has 1 aliphatic rings. The number of aliphatic imine (C=N–C) groups is 1. The number of methoxy groups -OCH3 is 1. The van der Waals surface area contributed by atoms with Gasteiger partial charge in [0.1, 0.15) is 5.75 Å². The highest BCUT2D eigenvalue weighted by molar-refractivity contribution is 14.0. The molecule has 2 rings (SSSR count). The summed E-state index contributed by atoms with van der Waals surface area (Å²) in [6.07, 6.45) is 5.06. The Kier molecular flexibility index (Phi) is 7.72. The molecule has 2 N–H and O–H groups in total. The van der Waals surface area contributed by atoms with Crippen molar-refractivity contribution in [1.29, 1.82) is 0 Å². The zero-order valence-electron chi connectivity index (χ0n) is 12.0. The van der Waals surface area contributed by atoms with E-state index < -0.39 is 0 Å². The maximum absolute atomic E-state index is 6.07. The molecule has 0 saturated carbocycles. The average molecular weight is 389 g/mol. The lowest BCUT2D eigenvalue weighted by Gasteiger charge is -2.21. The minimum Gasteiger partial charge on any atom is -0.497 e. The van der Waals surface area contributed by atoms with Gasteiger partial charge in [-0.15, -0.1) is 24.0 Å². The van der Waals surface area contributed by atoms with Crippen molar-refractivity contribution < 1.29 is 4.74 Å². The van der Waals surface area contributed by atoms with Crippen LogP contribution in [-0.2, 0) is 6.54 Å². The van der Waals surface area contributed by atoms with Crippen LogP contribution in [0, 0.1) is 0 Å². The first-order chi connectivity index (χ1) is 9.29. The van der Waals surface area contributed by atoms with Crippen LogP contribution in [0.15, 0.2) is 29.3 Å². The molecule has 1 saturated heterocycles. The lowest BCUT2D eigenvalue weighted by Crippen LogP contribution is -2.38. The van der Waals surface area contributed by atoms with Crippen LogP contribution in [0.1, 0.15) is 31.2 Å². The summed E-state index contributed by atoms with van der Waals surface area (Å²) in [5.41, 5.74) is 7.22. The number of benzene rings is 1. The van der Waals surface area contributed by atoms with Gasteiger partial charge < -0.3 is 15.4 Å². The molecule has 0 amide bonds. The van der Waals surface area contributed by atoms with Crippen LogP contribution in [0.2, 0.25) is 0 Å². The zero-order valence-corrected chi connectivity index (χ0v) is 14.4. The summed E-state index contributed by atoms with van der Waals surface area (Å²) in [6, 6.07) is 7.95. The Morgan fingerprint density at radius 3 is 2.30 bits per heavy atom. The average Bonchev–Trinajstić information content (AvgIpc) is 2.74. The van der Waals surface area contributed by atoms with Gasteiger partial charge in [-0.2, -0.15) is 0 Å². The van der Waals surface area contributed by atoms with Crippen LogP contribution >= 0.6 is 24.0 Å². The molecular weight excluding hydrogens is 365 g/mol. The summed E-state index contributed by atoms with van der Waals surface area (Å²) < 4.78 is 5.14. The van der Waals surface area contributed by atoms with Gasteiger partial charge in [0.15, 0.2) is 5.96 Å². The van der Waals surface area contributed by atoms with Crippen molar-refractivity contribution in [2.24, 2.45) is 10.7 Å². The topological polar surface area (TPSA) is 50.9 Å². The third-order valence-electron chi connectivity index (χ3n) is 3.51. The molecule has 0 unspecified atom stereocenters. The number of ether oxygens (including phenoxy) is 1. The lowest BCUT2D eigenvalue weighted by atomic mass is 10.2. The minimum absolute atomic E-state index is 0. The second-order valence-corrected chi connectivity index (χ2v) is 4.92. The standard InChI is InChI=1S/C15H23N3O.HI/c1-19-14-8-6-13(7-9-14)12-17-15(16)18-10-4-2-3-5-11-18;/h6-9H,2-5,10-12H2,1H3,(H2,16,17);1H. The maximum Gasteiger partial charge on any atom is 0.191 e. The van der Waals surface area contributed by atoms with Gasteiger partial charge in [0.2, 0.25) is 0 Å². The molecule has 0 atom stereocenters. The first-order valence-corrected chi connectivity index (χ1v) is 6.97. The lowest BCUT2D eigenvalue weighted by molar-refractivity contribution is 0.414. The molecule has 1 heterocycles. The molecule has 5 heteroatoms. The predicted molar refractivity (Wildman–Crippen MR) is 93.8 cm³/mol. The molecule has 1 aliphatic heterocycles. The van der Waals surface area contributed by atoms with E-state index in [2.05, 4.69) is 9.89 Å². The molecule has 1 fully saturated rings. The first kappa shape index (κ1) is 17.1. The summed E-state index contributed by atoms with van der Waals surface area (Å²) >= 11 is 0. The molecule has 0 aromatic heterocycles. The number of hydrogen-bond donors (Lipinski definition) is 1. The van der Waals surface area contributed by atoms with E-state index in [0.29, 0.717) is 12.5 Å². The van der Waals surface area contributed by atoms with E-state index >= 15 is 0 Å². The Morgan fingerprint density at radius 2 is 1.75 bits per heavy atom. The van der Waals surface area contributed by atoms with Crippen LogP contribution in [-0.4, -0.2) is 31.1 Å². The van der Waals surface area contributed by atoms with E-state index in [0.717, 1.165) is 24.4 Å². The van der Waals surface area contributed by atoms with Crippen molar-refractivity contribution in [3.8, 4) is 5.75 Å². The van der Waals surface area contributed by atoms with Gasteiger partial charge in [-0.25, -0.2) is 4.99 Å². The second-order valence-electron chi connectivity index (χ2n) is 4.92. The van der Waals surface area contributed by atoms with Crippen molar-refractivity contribution in [2.45, 2.75) is 32.2 Å². The molecule has 112 valence electrons. The van der Waals surface area contributed by atoms with E-state index in [1.807, 2.05) is 24.3 Å². The van der Waals surface area contributed by atoms with Crippen LogP contribution in [0.25, 0.3) is 0 Å². The quantitative estimate of drug-likeness (QED) is 0.491. The third-order valence-corrected chi connectivity index (χ3v) is 3.51. The molecule has 0 aliphatic carbocycles. The third kappa shape index (κ3) is 5.19. The van der Waals surface area contributed by atoms with E-state index in [1.165, 1.54) is 25.7 Å². The smallest absolute Gasteiger partial charge is 0.191 e. The van der Waals surface area contributed by atoms with E-state index in [-0.39, 0.29) is 24.0 Å². The van der Waals surface area contributed by atoms with Gasteiger partial charge in [-0.3, -0.25) is 0 Å². The Morgan fingerprint density at radius 1 is 1.15 bits per heavy atom. The number of rotatable bonds is 3. The molecule has 0 radical (unpaired) electrons. The van der Waals surface area contributed by atoms with E-state index in [1.54, 1.807) is 7.11 Å². The highest BCUT2D eigenvalue weighted by atomic mass is 127. The fourth-order valence-electron chi connectivity index (χ4n) is 2.30. The van der Waals surface area contributed by atoms with Gasteiger partial charge in [-0.1, -0.05) is 25.0 Å². The number of likely N-dealkylation sites (tertiary alicyclic amines) is 1. The minimum atomic E-state index is 0. The van der Waals surface area contributed by atoms with Crippen LogP contribution < -0.4 is 10.5 Å². The van der Waals surface area contributed by atoms with Crippen molar-refractivity contribution in [3.63, 3.8) is 0 Å². The van der Waals surface area contributed by atoms with Crippen LogP contribution in [0.5, 0.6) is 5.75 Å². The molecule has 0 spiro atoms. The Balaban J connectivity index is 0.00000200. The number of nitrogens with zero attached hydrogens (tertiary/aromatic N) is 2. The molecule has 1 aromatic rings. The van der Waals surface area contributed by atoms with Gasteiger partial charge >= 0.3 is 0 Å². The summed E-state index contributed by atoms with van der Waals surface area (Å²) in [4.78, 5) is 6.70. The van der Waals surface area contributed by atoms with Crippen LogP contribution in [0.4, 0.5) is 0 Å². The Bertz CT molecular complexity index is 412. The SMILES string of the molecule is COc1ccc(CN=C(N)N2CCCCCC2)cc1.I. The molecule has 4 nitrogen and oxygen atoms in total. The molecular formula is C15H24IN3O. The first-order valence-electron chi connectivity index (χ1n) is 6.97.